The van der Waals surface area contributed by atoms with Gasteiger partial charge in [-0.3, -0.25) is 9.48 Å². The van der Waals surface area contributed by atoms with Crippen LogP contribution in [0, 0.1) is 5.92 Å². The van der Waals surface area contributed by atoms with Crippen molar-refractivity contribution in [2.45, 2.75) is 55.2 Å². The Kier molecular flexibility index (Phi) is 7.11. The van der Waals surface area contributed by atoms with Crippen molar-refractivity contribution < 1.29 is 26.7 Å². The van der Waals surface area contributed by atoms with E-state index in [0.29, 0.717) is 20.7 Å². The lowest BCUT2D eigenvalue weighted by molar-refractivity contribution is -0.141. The lowest BCUT2D eigenvalue weighted by Gasteiger charge is -2.30. The molecule has 34 heavy (non-hydrogen) atoms. The van der Waals surface area contributed by atoms with E-state index >= 15 is 0 Å². The largest absolute Gasteiger partial charge is 0.433 e. The summed E-state index contributed by atoms with van der Waals surface area (Å²) in [7, 11) is 0. The summed E-state index contributed by atoms with van der Waals surface area (Å²) in [5.41, 5.74) is -2.03. The summed E-state index contributed by atoms with van der Waals surface area (Å²) >= 11 is 2.44. The third-order valence-corrected chi connectivity index (χ3v) is 7.23. The smallest absolute Gasteiger partial charge is 0.320 e. The van der Waals surface area contributed by atoms with Gasteiger partial charge in [-0.1, -0.05) is 35.6 Å². The molecule has 1 aliphatic rings. The van der Waals surface area contributed by atoms with Crippen LogP contribution in [0.2, 0.25) is 0 Å². The fraction of sp³-hybridized carbons (Fsp3) is 0.435. The van der Waals surface area contributed by atoms with Gasteiger partial charge in [0.2, 0.25) is 0 Å². The molecule has 0 aliphatic heterocycles. The van der Waals surface area contributed by atoms with Crippen LogP contribution in [0.25, 0.3) is 10.9 Å². The van der Waals surface area contributed by atoms with E-state index < -0.39 is 35.5 Å². The van der Waals surface area contributed by atoms with Crippen LogP contribution >= 0.6 is 22.6 Å². The van der Waals surface area contributed by atoms with Gasteiger partial charge in [0.25, 0.3) is 12.3 Å². The Labute approximate surface area is 206 Å². The first-order valence-electron chi connectivity index (χ1n) is 10.8. The number of nitrogens with one attached hydrogen (secondary N) is 1. The Hall–Kier alpha value is -2.31. The lowest BCUT2D eigenvalue weighted by Crippen LogP contribution is -2.22. The molecule has 1 amide bonds. The zero-order valence-electron chi connectivity index (χ0n) is 18.1. The van der Waals surface area contributed by atoms with Crippen LogP contribution in [0.4, 0.5) is 27.6 Å². The highest BCUT2D eigenvalue weighted by Crippen LogP contribution is 2.37. The number of nitrogens with zero attached hydrogens (tertiary/aromatic N) is 3. The predicted octanol–water partition coefficient (Wildman–Crippen LogP) is 7.19. The molecule has 0 bridgehead atoms. The predicted molar refractivity (Wildman–Crippen MR) is 126 cm³/mol. The average molecular weight is 592 g/mol. The minimum absolute atomic E-state index is 0.168. The molecule has 1 saturated carbocycles. The summed E-state index contributed by atoms with van der Waals surface area (Å²) < 4.78 is 68.6. The maximum Gasteiger partial charge on any atom is 0.433 e. The molecule has 1 aromatic carbocycles. The molecule has 1 fully saturated rings. The van der Waals surface area contributed by atoms with Crippen LogP contribution in [0.5, 0.6) is 0 Å². The zero-order valence-corrected chi connectivity index (χ0v) is 20.3. The van der Waals surface area contributed by atoms with Crippen molar-refractivity contribution in [1.82, 2.24) is 14.8 Å². The summed E-state index contributed by atoms with van der Waals surface area (Å²) in [6.07, 6.45) is -1.86. The minimum atomic E-state index is -4.73. The maximum absolute atomic E-state index is 13.8. The lowest BCUT2D eigenvalue weighted by atomic mass is 9.84. The van der Waals surface area contributed by atoms with Crippen LogP contribution in [0.1, 0.15) is 66.8 Å². The second kappa shape index (κ2) is 9.74. The molecule has 1 N–H and O–H groups in total. The number of benzene rings is 1. The van der Waals surface area contributed by atoms with Crippen molar-refractivity contribution in [2.75, 3.05) is 5.32 Å². The quantitative estimate of drug-likeness (QED) is 0.194. The van der Waals surface area contributed by atoms with E-state index in [1.165, 1.54) is 12.1 Å². The standard InChI is InChI=1S/C23H22F5IN4O/c1-12(29)13-5-7-15(8-6-13)33-11-14-9-19(16(21(24)25)10-18(14)32-33)31-22(34)17-3-2-4-20(30-17)23(26,27)28/h2-4,9-13,15,21H,5-8H2,1H3,(H,31,34)/t12?,13-,15-. The van der Waals surface area contributed by atoms with Crippen LogP contribution < -0.4 is 5.32 Å². The van der Waals surface area contributed by atoms with E-state index in [-0.39, 0.29) is 11.7 Å². The molecule has 0 saturated heterocycles. The van der Waals surface area contributed by atoms with Crippen molar-refractivity contribution in [1.29, 1.82) is 0 Å². The number of anilines is 1. The second-order valence-corrected chi connectivity index (χ2v) is 10.5. The summed E-state index contributed by atoms with van der Waals surface area (Å²) in [5, 5.41) is 7.35. The summed E-state index contributed by atoms with van der Waals surface area (Å²) in [6.45, 7) is 2.20. The Balaban J connectivity index is 1.60. The maximum atomic E-state index is 13.8. The fourth-order valence-corrected chi connectivity index (χ4v) is 5.03. The van der Waals surface area contributed by atoms with Gasteiger partial charge in [0.1, 0.15) is 11.4 Å². The van der Waals surface area contributed by atoms with Crippen molar-refractivity contribution in [3.05, 3.63) is 53.5 Å². The van der Waals surface area contributed by atoms with Gasteiger partial charge in [-0.2, -0.15) is 18.3 Å². The Morgan fingerprint density at radius 2 is 1.88 bits per heavy atom. The number of aromatic nitrogens is 3. The number of hydrogen-bond acceptors (Lipinski definition) is 3. The number of pyridine rings is 1. The first-order chi connectivity index (χ1) is 16.0. The number of halogens is 6. The van der Waals surface area contributed by atoms with Gasteiger partial charge in [0, 0.05) is 21.1 Å². The van der Waals surface area contributed by atoms with Gasteiger partial charge in [-0.15, -0.1) is 0 Å². The molecule has 11 heteroatoms. The van der Waals surface area contributed by atoms with E-state index in [1.54, 1.807) is 10.9 Å². The number of fused-ring (bicyclic) bond motifs is 1. The summed E-state index contributed by atoms with van der Waals surface area (Å²) in [6, 6.07) is 5.63. The zero-order chi connectivity index (χ0) is 24.6. The second-order valence-electron chi connectivity index (χ2n) is 8.51. The molecule has 2 heterocycles. The van der Waals surface area contributed by atoms with Gasteiger partial charge < -0.3 is 5.32 Å². The molecular formula is C23H22F5IN4O. The van der Waals surface area contributed by atoms with E-state index in [9.17, 15) is 26.7 Å². The van der Waals surface area contributed by atoms with Crippen LogP contribution in [-0.4, -0.2) is 24.6 Å². The Morgan fingerprint density at radius 3 is 2.50 bits per heavy atom. The first-order valence-corrected chi connectivity index (χ1v) is 12.1. The van der Waals surface area contributed by atoms with E-state index in [4.69, 9.17) is 0 Å². The third kappa shape index (κ3) is 5.33. The Morgan fingerprint density at radius 1 is 1.18 bits per heavy atom. The first kappa shape index (κ1) is 24.8. The molecule has 1 atom stereocenters. The number of alkyl halides is 6. The van der Waals surface area contributed by atoms with Gasteiger partial charge in [0.05, 0.1) is 17.2 Å². The van der Waals surface area contributed by atoms with Crippen LogP contribution in [0.15, 0.2) is 36.5 Å². The van der Waals surface area contributed by atoms with Gasteiger partial charge in [-0.25, -0.2) is 13.8 Å². The minimum Gasteiger partial charge on any atom is -0.320 e. The molecule has 182 valence electrons. The fourth-order valence-electron chi connectivity index (χ4n) is 4.31. The number of carbonyl (C=O) groups is 1. The molecule has 1 aliphatic carbocycles. The molecule has 1 unspecified atom stereocenters. The molecule has 2 aromatic heterocycles. The average Bonchev–Trinajstić information content (AvgIpc) is 3.21. The van der Waals surface area contributed by atoms with E-state index in [0.717, 1.165) is 43.9 Å². The van der Waals surface area contributed by atoms with Crippen molar-refractivity contribution in [2.24, 2.45) is 5.92 Å². The van der Waals surface area contributed by atoms with Crippen molar-refractivity contribution in [3.63, 3.8) is 0 Å². The summed E-state index contributed by atoms with van der Waals surface area (Å²) in [5.74, 6) is -0.357. The van der Waals surface area contributed by atoms with E-state index in [2.05, 4.69) is 44.9 Å². The normalized spacial score (nSPS) is 20.0. The third-order valence-electron chi connectivity index (χ3n) is 6.21. The number of rotatable bonds is 5. The SMILES string of the molecule is CC(I)[C@H]1CC[C@H](n2cc3cc(NC(=O)c4cccc(C(F)(F)F)n4)c(C(F)F)cc3n2)CC1. The molecule has 4 rings (SSSR count). The monoisotopic (exact) mass is 592 g/mol. The molecular weight excluding hydrogens is 570 g/mol. The molecule has 5 nitrogen and oxygen atoms in total. The highest BCUT2D eigenvalue weighted by Gasteiger charge is 2.33. The number of hydrogen-bond donors (Lipinski definition) is 1. The molecule has 0 spiro atoms. The topological polar surface area (TPSA) is 59.8 Å². The number of carbonyl (C=O) groups excluding carboxylic acids is 1. The highest BCUT2D eigenvalue weighted by atomic mass is 127. The van der Waals surface area contributed by atoms with Gasteiger partial charge in [-0.05, 0) is 55.9 Å². The van der Waals surface area contributed by atoms with E-state index in [1.807, 2.05) is 0 Å². The summed E-state index contributed by atoms with van der Waals surface area (Å²) in [4.78, 5) is 15.9. The molecule has 0 radical (unpaired) electrons. The number of amides is 1. The van der Waals surface area contributed by atoms with Crippen LogP contribution in [-0.2, 0) is 6.18 Å². The van der Waals surface area contributed by atoms with Crippen LogP contribution in [0.3, 0.4) is 0 Å². The Bertz CT molecular complexity index is 1190. The highest BCUT2D eigenvalue weighted by molar-refractivity contribution is 14.1. The van der Waals surface area contributed by atoms with Gasteiger partial charge in [0.15, 0.2) is 0 Å². The molecule has 3 aromatic rings. The van der Waals surface area contributed by atoms with Crippen molar-refractivity contribution >= 4 is 45.1 Å². The van der Waals surface area contributed by atoms with Crippen molar-refractivity contribution in [3.8, 4) is 0 Å². The van der Waals surface area contributed by atoms with Gasteiger partial charge >= 0.3 is 6.18 Å².